The van der Waals surface area contributed by atoms with Crippen molar-refractivity contribution >= 4 is 5.78 Å². The minimum atomic E-state index is -0.361. The summed E-state index contributed by atoms with van der Waals surface area (Å²) in [4.78, 5) is 12.1. The van der Waals surface area contributed by atoms with E-state index in [9.17, 15) is 9.90 Å². The molecule has 0 aliphatic heterocycles. The van der Waals surface area contributed by atoms with E-state index in [0.717, 1.165) is 11.3 Å². The molecule has 1 aromatic rings. The van der Waals surface area contributed by atoms with Gasteiger partial charge in [-0.05, 0) is 43.5 Å². The Hall–Kier alpha value is -2.67. The van der Waals surface area contributed by atoms with Crippen LogP contribution in [0.1, 0.15) is 25.3 Å². The zero-order valence-corrected chi connectivity index (χ0v) is 12.7. The van der Waals surface area contributed by atoms with Crippen molar-refractivity contribution in [3.63, 3.8) is 0 Å². The number of carbonyl (C=O) groups is 1. The SMILES string of the molecule is CCOC1=CC(O)=C(C(=O)C#Cc2ccc(OC)cc2)CC1. The third-order valence-corrected chi connectivity index (χ3v) is 3.24. The molecule has 1 aromatic carbocycles. The Morgan fingerprint density at radius 3 is 2.59 bits per heavy atom. The van der Waals surface area contributed by atoms with Gasteiger partial charge in [-0.2, -0.15) is 0 Å². The number of carbonyl (C=O) groups excluding carboxylic acids is 1. The quantitative estimate of drug-likeness (QED) is 0.868. The lowest BCUT2D eigenvalue weighted by atomic mass is 9.98. The number of hydrogen-bond donors (Lipinski definition) is 1. The summed E-state index contributed by atoms with van der Waals surface area (Å²) in [5.41, 5.74) is 1.06. The number of aliphatic hydroxyl groups excluding tert-OH is 1. The molecule has 0 unspecified atom stereocenters. The van der Waals surface area contributed by atoms with E-state index in [1.807, 2.05) is 6.92 Å². The Morgan fingerprint density at radius 2 is 2.00 bits per heavy atom. The fourth-order valence-electron chi connectivity index (χ4n) is 2.10. The van der Waals surface area contributed by atoms with E-state index in [0.29, 0.717) is 30.8 Å². The van der Waals surface area contributed by atoms with E-state index in [2.05, 4.69) is 11.8 Å². The molecule has 0 spiro atoms. The molecule has 4 nitrogen and oxygen atoms in total. The van der Waals surface area contributed by atoms with Crippen LogP contribution in [0, 0.1) is 11.8 Å². The Balaban J connectivity index is 2.12. The molecular formula is C18H18O4. The molecule has 1 aliphatic rings. The lowest BCUT2D eigenvalue weighted by Crippen LogP contribution is -2.09. The normalized spacial score (nSPS) is 13.8. The molecule has 2 rings (SSSR count). The van der Waals surface area contributed by atoms with E-state index < -0.39 is 0 Å². The van der Waals surface area contributed by atoms with Gasteiger partial charge in [0.05, 0.1) is 25.0 Å². The second kappa shape index (κ2) is 7.37. The number of ketones is 1. The highest BCUT2D eigenvalue weighted by atomic mass is 16.5. The van der Waals surface area contributed by atoms with E-state index in [1.54, 1.807) is 31.4 Å². The Kier molecular flexibility index (Phi) is 5.26. The fraction of sp³-hybridized carbons (Fsp3) is 0.278. The van der Waals surface area contributed by atoms with Gasteiger partial charge in [0.1, 0.15) is 11.5 Å². The van der Waals surface area contributed by atoms with Crippen LogP contribution < -0.4 is 4.74 Å². The van der Waals surface area contributed by atoms with Gasteiger partial charge in [-0.3, -0.25) is 4.79 Å². The number of benzene rings is 1. The number of aliphatic hydroxyl groups is 1. The lowest BCUT2D eigenvalue weighted by molar-refractivity contribution is -0.110. The average Bonchev–Trinajstić information content (AvgIpc) is 2.53. The van der Waals surface area contributed by atoms with Crippen LogP contribution in [0.2, 0.25) is 0 Å². The minimum absolute atomic E-state index is 0.0521. The molecule has 0 atom stereocenters. The second-order valence-corrected chi connectivity index (χ2v) is 4.72. The van der Waals surface area contributed by atoms with E-state index in [1.165, 1.54) is 6.08 Å². The Morgan fingerprint density at radius 1 is 1.27 bits per heavy atom. The molecule has 0 fully saturated rings. The Labute approximate surface area is 130 Å². The summed E-state index contributed by atoms with van der Waals surface area (Å²) in [6, 6.07) is 7.12. The third kappa shape index (κ3) is 3.92. The molecule has 4 heteroatoms. The first-order valence-corrected chi connectivity index (χ1v) is 7.10. The predicted molar refractivity (Wildman–Crippen MR) is 83.5 cm³/mol. The van der Waals surface area contributed by atoms with Crippen LogP contribution in [0.3, 0.4) is 0 Å². The monoisotopic (exact) mass is 298 g/mol. The van der Waals surface area contributed by atoms with Gasteiger partial charge in [0.2, 0.25) is 5.78 Å². The van der Waals surface area contributed by atoms with Crippen molar-refractivity contribution < 1.29 is 19.4 Å². The van der Waals surface area contributed by atoms with Gasteiger partial charge in [-0.1, -0.05) is 5.92 Å². The number of methoxy groups -OCH3 is 1. The zero-order chi connectivity index (χ0) is 15.9. The van der Waals surface area contributed by atoms with Crippen molar-refractivity contribution in [1.82, 2.24) is 0 Å². The van der Waals surface area contributed by atoms with E-state index in [-0.39, 0.29) is 11.5 Å². The smallest absolute Gasteiger partial charge is 0.235 e. The van der Waals surface area contributed by atoms with Crippen molar-refractivity contribution in [3.05, 3.63) is 53.0 Å². The summed E-state index contributed by atoms with van der Waals surface area (Å²) in [6.07, 6.45) is 2.53. The van der Waals surface area contributed by atoms with Crippen molar-refractivity contribution in [1.29, 1.82) is 0 Å². The number of allylic oxidation sites excluding steroid dienone is 3. The van der Waals surface area contributed by atoms with Gasteiger partial charge in [-0.15, -0.1) is 0 Å². The van der Waals surface area contributed by atoms with Crippen molar-refractivity contribution in [2.45, 2.75) is 19.8 Å². The molecule has 22 heavy (non-hydrogen) atoms. The van der Waals surface area contributed by atoms with Gasteiger partial charge in [-0.25, -0.2) is 0 Å². The molecule has 0 bridgehead atoms. The molecule has 1 aliphatic carbocycles. The first kappa shape index (κ1) is 15.7. The molecule has 0 radical (unpaired) electrons. The molecule has 0 aromatic heterocycles. The lowest BCUT2D eigenvalue weighted by Gasteiger charge is -2.14. The fourth-order valence-corrected chi connectivity index (χ4v) is 2.10. The number of rotatable bonds is 4. The van der Waals surface area contributed by atoms with Gasteiger partial charge in [0, 0.05) is 18.1 Å². The van der Waals surface area contributed by atoms with Crippen LogP contribution in [-0.4, -0.2) is 24.6 Å². The minimum Gasteiger partial charge on any atom is -0.507 e. The summed E-state index contributed by atoms with van der Waals surface area (Å²) in [5, 5.41) is 9.92. The molecule has 0 saturated heterocycles. The summed E-state index contributed by atoms with van der Waals surface area (Å²) in [7, 11) is 1.59. The first-order valence-electron chi connectivity index (χ1n) is 7.10. The van der Waals surface area contributed by atoms with Crippen LogP contribution in [0.25, 0.3) is 0 Å². The van der Waals surface area contributed by atoms with Crippen LogP contribution in [0.5, 0.6) is 5.75 Å². The van der Waals surface area contributed by atoms with Crippen molar-refractivity contribution in [3.8, 4) is 17.6 Å². The van der Waals surface area contributed by atoms with Gasteiger partial charge >= 0.3 is 0 Å². The summed E-state index contributed by atoms with van der Waals surface area (Å²) >= 11 is 0. The molecule has 114 valence electrons. The molecular weight excluding hydrogens is 280 g/mol. The highest BCUT2D eigenvalue weighted by Crippen LogP contribution is 2.23. The molecule has 0 saturated carbocycles. The largest absolute Gasteiger partial charge is 0.507 e. The maximum Gasteiger partial charge on any atom is 0.235 e. The van der Waals surface area contributed by atoms with E-state index >= 15 is 0 Å². The summed E-state index contributed by atoms with van der Waals surface area (Å²) in [5.74, 6) is 6.38. The number of Topliss-reactive ketones (excluding diaryl/α,β-unsaturated/α-hetero) is 1. The van der Waals surface area contributed by atoms with Crippen LogP contribution >= 0.6 is 0 Å². The summed E-state index contributed by atoms with van der Waals surface area (Å²) in [6.45, 7) is 2.42. The van der Waals surface area contributed by atoms with Crippen LogP contribution in [0.4, 0.5) is 0 Å². The first-order chi connectivity index (χ1) is 10.6. The van der Waals surface area contributed by atoms with E-state index in [4.69, 9.17) is 9.47 Å². The average molecular weight is 298 g/mol. The predicted octanol–water partition coefficient (Wildman–Crippen LogP) is 3.14. The molecule has 1 N–H and O–H groups in total. The van der Waals surface area contributed by atoms with Gasteiger partial charge in [0.25, 0.3) is 0 Å². The molecule has 0 amide bonds. The number of hydrogen-bond acceptors (Lipinski definition) is 4. The van der Waals surface area contributed by atoms with Crippen molar-refractivity contribution in [2.75, 3.05) is 13.7 Å². The standard InChI is InChI=1S/C18H18O4/c1-3-22-15-9-10-16(18(20)12-15)17(19)11-6-13-4-7-14(21-2)8-5-13/h4-5,7-8,12,20H,3,9-10H2,1-2H3. The number of ether oxygens (including phenoxy) is 2. The van der Waals surface area contributed by atoms with Gasteiger partial charge < -0.3 is 14.6 Å². The highest BCUT2D eigenvalue weighted by molar-refractivity contribution is 6.09. The maximum absolute atomic E-state index is 12.1. The summed E-state index contributed by atoms with van der Waals surface area (Å²) < 4.78 is 10.4. The van der Waals surface area contributed by atoms with Crippen LogP contribution in [-0.2, 0) is 9.53 Å². The highest BCUT2D eigenvalue weighted by Gasteiger charge is 2.18. The molecule has 0 heterocycles. The third-order valence-electron chi connectivity index (χ3n) is 3.24. The second-order valence-electron chi connectivity index (χ2n) is 4.72. The van der Waals surface area contributed by atoms with Gasteiger partial charge in [0.15, 0.2) is 0 Å². The zero-order valence-electron chi connectivity index (χ0n) is 12.7. The van der Waals surface area contributed by atoms with Crippen molar-refractivity contribution in [2.24, 2.45) is 0 Å². The van der Waals surface area contributed by atoms with Crippen LogP contribution in [0.15, 0.2) is 47.4 Å². The topological polar surface area (TPSA) is 55.8 Å². The maximum atomic E-state index is 12.1. The Bertz CT molecular complexity index is 669.